The van der Waals surface area contributed by atoms with Crippen molar-refractivity contribution in [3.05, 3.63) is 42.4 Å². The Hall–Kier alpha value is -2.03. The van der Waals surface area contributed by atoms with Crippen LogP contribution in [-0.4, -0.2) is 61.3 Å². The first-order valence-corrected chi connectivity index (χ1v) is 9.96. The molecule has 1 aromatic carbocycles. The molecule has 3 rings (SSSR count). The summed E-state index contributed by atoms with van der Waals surface area (Å²) in [7, 11) is 1.30. The minimum atomic E-state index is -3.44. The van der Waals surface area contributed by atoms with Gasteiger partial charge in [-0.05, 0) is 25.0 Å². The standard InChI is InChI=1S/C18H24N4O3S/c1-21(2)26(23,24)22-12-6-7-14(13-22)17-18(20-11-10-19-17)15-8-4-5-9-16(15)25-3/h4-5,8-11,14H,6-7,12-13H2,1-3H3. The Morgan fingerprint density at radius 2 is 1.92 bits per heavy atom. The van der Waals surface area contributed by atoms with E-state index >= 15 is 0 Å². The first-order valence-electron chi connectivity index (χ1n) is 8.57. The van der Waals surface area contributed by atoms with Gasteiger partial charge in [-0.25, -0.2) is 0 Å². The van der Waals surface area contributed by atoms with E-state index in [1.54, 1.807) is 33.6 Å². The number of benzene rings is 1. The molecule has 2 heterocycles. The summed E-state index contributed by atoms with van der Waals surface area (Å²) in [6.45, 7) is 0.933. The molecule has 0 saturated carbocycles. The van der Waals surface area contributed by atoms with Crippen LogP contribution in [0.3, 0.4) is 0 Å². The van der Waals surface area contributed by atoms with E-state index in [9.17, 15) is 8.42 Å². The van der Waals surface area contributed by atoms with Gasteiger partial charge in [0, 0.05) is 51.1 Å². The lowest BCUT2D eigenvalue weighted by Gasteiger charge is -2.33. The molecule has 1 aromatic heterocycles. The number of aromatic nitrogens is 2. The second-order valence-corrected chi connectivity index (χ2v) is 8.62. The van der Waals surface area contributed by atoms with E-state index in [1.165, 1.54) is 8.61 Å². The SMILES string of the molecule is COc1ccccc1-c1nccnc1C1CCCN(S(=O)(=O)N(C)C)C1. The third-order valence-electron chi connectivity index (χ3n) is 4.65. The average molecular weight is 376 g/mol. The summed E-state index contributed by atoms with van der Waals surface area (Å²) in [4.78, 5) is 9.10. The van der Waals surface area contributed by atoms with Crippen molar-refractivity contribution in [2.75, 3.05) is 34.3 Å². The number of nitrogens with zero attached hydrogens (tertiary/aromatic N) is 4. The monoisotopic (exact) mass is 376 g/mol. The summed E-state index contributed by atoms with van der Waals surface area (Å²) in [5.41, 5.74) is 2.43. The maximum absolute atomic E-state index is 12.5. The van der Waals surface area contributed by atoms with Crippen LogP contribution in [0.2, 0.25) is 0 Å². The van der Waals surface area contributed by atoms with E-state index in [0.29, 0.717) is 13.1 Å². The molecule has 1 aliphatic rings. The molecule has 8 heteroatoms. The van der Waals surface area contributed by atoms with E-state index in [1.807, 2.05) is 24.3 Å². The second-order valence-electron chi connectivity index (χ2n) is 6.48. The molecule has 0 amide bonds. The third-order valence-corrected chi connectivity index (χ3v) is 6.55. The molecule has 0 N–H and O–H groups in total. The fourth-order valence-electron chi connectivity index (χ4n) is 3.30. The number of piperidine rings is 1. The third kappa shape index (κ3) is 3.58. The average Bonchev–Trinajstić information content (AvgIpc) is 2.68. The molecule has 1 atom stereocenters. The van der Waals surface area contributed by atoms with E-state index in [4.69, 9.17) is 4.74 Å². The molecular formula is C18H24N4O3S. The minimum absolute atomic E-state index is 0.00733. The van der Waals surface area contributed by atoms with Crippen molar-refractivity contribution >= 4 is 10.2 Å². The van der Waals surface area contributed by atoms with Crippen LogP contribution in [0, 0.1) is 0 Å². The largest absolute Gasteiger partial charge is 0.496 e. The molecule has 0 aliphatic carbocycles. The first kappa shape index (κ1) is 18.8. The molecule has 0 radical (unpaired) electrons. The van der Waals surface area contributed by atoms with Crippen LogP contribution in [0.15, 0.2) is 36.7 Å². The zero-order valence-electron chi connectivity index (χ0n) is 15.3. The maximum atomic E-state index is 12.5. The summed E-state index contributed by atoms with van der Waals surface area (Å²) in [6.07, 6.45) is 4.98. The predicted octanol–water partition coefficient (Wildman–Crippen LogP) is 2.14. The molecule has 1 saturated heterocycles. The van der Waals surface area contributed by atoms with Crippen LogP contribution in [-0.2, 0) is 10.2 Å². The quantitative estimate of drug-likeness (QED) is 0.799. The molecule has 7 nitrogen and oxygen atoms in total. The molecule has 1 fully saturated rings. The van der Waals surface area contributed by atoms with Gasteiger partial charge in [-0.3, -0.25) is 9.97 Å². The summed E-state index contributed by atoms with van der Waals surface area (Å²) in [5, 5.41) is 0. The highest BCUT2D eigenvalue weighted by Crippen LogP contribution is 2.36. The molecular weight excluding hydrogens is 352 g/mol. The lowest BCUT2D eigenvalue weighted by atomic mass is 9.92. The number of methoxy groups -OCH3 is 1. The molecule has 1 aliphatic heterocycles. The number of rotatable bonds is 5. The normalized spacial score (nSPS) is 18.8. The highest BCUT2D eigenvalue weighted by atomic mass is 32.2. The highest BCUT2D eigenvalue weighted by molar-refractivity contribution is 7.86. The van der Waals surface area contributed by atoms with Gasteiger partial charge in [-0.2, -0.15) is 17.0 Å². The van der Waals surface area contributed by atoms with Gasteiger partial charge in [0.05, 0.1) is 18.5 Å². The van der Waals surface area contributed by atoms with Gasteiger partial charge < -0.3 is 4.74 Å². The zero-order valence-corrected chi connectivity index (χ0v) is 16.1. The Bertz CT molecular complexity index is 870. The van der Waals surface area contributed by atoms with Crippen LogP contribution in [0.25, 0.3) is 11.3 Å². The van der Waals surface area contributed by atoms with Gasteiger partial charge in [0.15, 0.2) is 0 Å². The van der Waals surface area contributed by atoms with Crippen molar-refractivity contribution in [1.29, 1.82) is 0 Å². The summed E-state index contributed by atoms with van der Waals surface area (Å²) < 4.78 is 33.3. The van der Waals surface area contributed by atoms with Gasteiger partial charge in [-0.15, -0.1) is 0 Å². The lowest BCUT2D eigenvalue weighted by molar-refractivity contribution is 0.296. The fraction of sp³-hybridized carbons (Fsp3) is 0.444. The summed E-state index contributed by atoms with van der Waals surface area (Å²) in [5.74, 6) is 0.718. The number of hydrogen-bond donors (Lipinski definition) is 0. The summed E-state index contributed by atoms with van der Waals surface area (Å²) >= 11 is 0. The predicted molar refractivity (Wildman–Crippen MR) is 100 cm³/mol. The van der Waals surface area contributed by atoms with E-state index in [-0.39, 0.29) is 5.92 Å². The van der Waals surface area contributed by atoms with Gasteiger partial charge in [-0.1, -0.05) is 12.1 Å². The summed E-state index contributed by atoms with van der Waals surface area (Å²) in [6, 6.07) is 7.67. The zero-order chi connectivity index (χ0) is 18.7. The molecule has 2 aromatic rings. The lowest BCUT2D eigenvalue weighted by Crippen LogP contribution is -2.45. The van der Waals surface area contributed by atoms with Crippen LogP contribution in [0.5, 0.6) is 5.75 Å². The highest BCUT2D eigenvalue weighted by Gasteiger charge is 2.33. The maximum Gasteiger partial charge on any atom is 0.281 e. The number of ether oxygens (including phenoxy) is 1. The van der Waals surface area contributed by atoms with E-state index in [0.717, 1.165) is 35.5 Å². The molecule has 1 unspecified atom stereocenters. The Kier molecular flexibility index (Phi) is 5.55. The van der Waals surface area contributed by atoms with Crippen molar-refractivity contribution in [3.63, 3.8) is 0 Å². The molecule has 0 bridgehead atoms. The van der Waals surface area contributed by atoms with Gasteiger partial charge in [0.25, 0.3) is 10.2 Å². The first-order chi connectivity index (χ1) is 12.4. The van der Waals surface area contributed by atoms with Crippen molar-refractivity contribution in [2.45, 2.75) is 18.8 Å². The van der Waals surface area contributed by atoms with Crippen molar-refractivity contribution in [3.8, 4) is 17.0 Å². The Balaban J connectivity index is 1.98. The second kappa shape index (κ2) is 7.69. The number of hydrogen-bond acceptors (Lipinski definition) is 5. The van der Waals surface area contributed by atoms with Crippen LogP contribution < -0.4 is 4.74 Å². The van der Waals surface area contributed by atoms with Crippen molar-refractivity contribution in [1.82, 2.24) is 18.6 Å². The topological polar surface area (TPSA) is 75.6 Å². The van der Waals surface area contributed by atoms with Crippen LogP contribution in [0.4, 0.5) is 0 Å². The van der Waals surface area contributed by atoms with Crippen molar-refractivity contribution in [2.24, 2.45) is 0 Å². The van der Waals surface area contributed by atoms with Crippen LogP contribution in [0.1, 0.15) is 24.5 Å². The molecule has 140 valence electrons. The Labute approximate surface area is 154 Å². The van der Waals surface area contributed by atoms with E-state index in [2.05, 4.69) is 9.97 Å². The number of para-hydroxylation sites is 1. The molecule has 26 heavy (non-hydrogen) atoms. The van der Waals surface area contributed by atoms with Gasteiger partial charge in [0.1, 0.15) is 5.75 Å². The van der Waals surface area contributed by atoms with Gasteiger partial charge in [0.2, 0.25) is 0 Å². The molecule has 0 spiro atoms. The smallest absolute Gasteiger partial charge is 0.281 e. The Morgan fingerprint density at radius 3 is 2.65 bits per heavy atom. The Morgan fingerprint density at radius 1 is 1.19 bits per heavy atom. The van der Waals surface area contributed by atoms with Crippen LogP contribution >= 0.6 is 0 Å². The van der Waals surface area contributed by atoms with E-state index < -0.39 is 10.2 Å². The van der Waals surface area contributed by atoms with Gasteiger partial charge >= 0.3 is 0 Å². The fourth-order valence-corrected chi connectivity index (χ4v) is 4.49. The minimum Gasteiger partial charge on any atom is -0.496 e. The van der Waals surface area contributed by atoms with Crippen molar-refractivity contribution < 1.29 is 13.2 Å².